The average molecular weight is 822 g/mol. The lowest BCUT2D eigenvalue weighted by atomic mass is 9.60. The summed E-state index contributed by atoms with van der Waals surface area (Å²) in [6.45, 7) is 0. The van der Waals surface area contributed by atoms with Gasteiger partial charge in [-0.05, 0) is 86.0 Å². The highest BCUT2D eigenvalue weighted by molar-refractivity contribution is 7.26. The van der Waals surface area contributed by atoms with Crippen LogP contribution in [0.25, 0.3) is 87.8 Å². The van der Waals surface area contributed by atoms with Crippen LogP contribution in [0, 0.1) is 0 Å². The standard InChI is InChI=1S/C57H35N5S/c1-2-10-36(11-3-1)55-59-56(61-57(60-55)38-25-21-35(22-26-38)41-15-8-16-47-42-12-6-7-18-51(42)63-54(41)47)37-23-19-34(20-24-37)39-27-29-45-48(32-39)52-43-13-4-5-14-44(43)53(45)49-33-40(28-30-46(49)52)50-17-9-31-58-62-50/h1-33,52-53H. The van der Waals surface area contributed by atoms with Gasteiger partial charge in [0.2, 0.25) is 0 Å². The van der Waals surface area contributed by atoms with Crippen LogP contribution in [0.2, 0.25) is 0 Å². The van der Waals surface area contributed by atoms with Gasteiger partial charge in [0.25, 0.3) is 0 Å². The molecule has 5 nitrogen and oxygen atoms in total. The normalized spacial score (nSPS) is 14.7. The number of hydrogen-bond donors (Lipinski definition) is 0. The fourth-order valence-electron chi connectivity index (χ4n) is 9.95. The number of rotatable bonds is 6. The molecule has 0 saturated carbocycles. The average Bonchev–Trinajstić information content (AvgIpc) is 3.75. The molecule has 63 heavy (non-hydrogen) atoms. The molecule has 0 aliphatic heterocycles. The van der Waals surface area contributed by atoms with Gasteiger partial charge in [-0.3, -0.25) is 0 Å². The molecule has 0 fully saturated rings. The summed E-state index contributed by atoms with van der Waals surface area (Å²) in [7, 11) is 0. The number of thiophene rings is 1. The van der Waals surface area contributed by atoms with E-state index < -0.39 is 0 Å². The Morgan fingerprint density at radius 2 is 0.873 bits per heavy atom. The van der Waals surface area contributed by atoms with Crippen LogP contribution in [0.5, 0.6) is 0 Å². The molecule has 3 aromatic heterocycles. The van der Waals surface area contributed by atoms with E-state index in [4.69, 9.17) is 15.0 Å². The molecule has 3 aliphatic rings. The van der Waals surface area contributed by atoms with Gasteiger partial charge in [0, 0.05) is 60.5 Å². The highest BCUT2D eigenvalue weighted by Crippen LogP contribution is 2.56. The van der Waals surface area contributed by atoms with Gasteiger partial charge >= 0.3 is 0 Å². The van der Waals surface area contributed by atoms with Crippen molar-refractivity contribution in [2.24, 2.45) is 0 Å². The summed E-state index contributed by atoms with van der Waals surface area (Å²) in [5.74, 6) is 2.25. The van der Waals surface area contributed by atoms with Gasteiger partial charge in [0.05, 0.1) is 5.69 Å². The molecule has 0 saturated heterocycles. The van der Waals surface area contributed by atoms with Gasteiger partial charge in [0.15, 0.2) is 17.5 Å². The van der Waals surface area contributed by atoms with E-state index in [1.165, 1.54) is 70.2 Å². The number of hydrogen-bond acceptors (Lipinski definition) is 6. The molecule has 2 unspecified atom stereocenters. The van der Waals surface area contributed by atoms with E-state index in [0.29, 0.717) is 17.5 Å². The van der Waals surface area contributed by atoms with Crippen molar-refractivity contribution in [1.82, 2.24) is 25.1 Å². The van der Waals surface area contributed by atoms with Crippen molar-refractivity contribution in [1.29, 1.82) is 0 Å². The van der Waals surface area contributed by atoms with Crippen LogP contribution in [0.1, 0.15) is 45.2 Å². The third kappa shape index (κ3) is 5.87. The van der Waals surface area contributed by atoms with E-state index in [-0.39, 0.29) is 11.8 Å². The van der Waals surface area contributed by atoms with Crippen molar-refractivity contribution in [2.75, 3.05) is 0 Å². The Bertz CT molecular complexity index is 3560. The van der Waals surface area contributed by atoms with Crippen LogP contribution >= 0.6 is 11.3 Å². The highest BCUT2D eigenvalue weighted by atomic mass is 32.1. The van der Waals surface area contributed by atoms with Crippen LogP contribution in [0.3, 0.4) is 0 Å². The molecule has 8 aromatic carbocycles. The summed E-state index contributed by atoms with van der Waals surface area (Å²) in [5.41, 5.74) is 17.8. The van der Waals surface area contributed by atoms with Crippen molar-refractivity contribution in [3.63, 3.8) is 0 Å². The first-order chi connectivity index (χ1) is 31.2. The predicted molar refractivity (Wildman–Crippen MR) is 256 cm³/mol. The maximum atomic E-state index is 5.11. The molecule has 2 atom stereocenters. The van der Waals surface area contributed by atoms with Crippen molar-refractivity contribution < 1.29 is 0 Å². The van der Waals surface area contributed by atoms with E-state index >= 15 is 0 Å². The second-order valence-corrected chi connectivity index (χ2v) is 17.5. The minimum Gasteiger partial charge on any atom is -0.208 e. The predicted octanol–water partition coefficient (Wildman–Crippen LogP) is 14.0. The minimum absolute atomic E-state index is 0.157. The Morgan fingerprint density at radius 3 is 1.54 bits per heavy atom. The van der Waals surface area contributed by atoms with Crippen LogP contribution in [-0.4, -0.2) is 25.1 Å². The summed E-state index contributed by atoms with van der Waals surface area (Å²) in [5, 5.41) is 11.2. The van der Waals surface area contributed by atoms with Gasteiger partial charge in [-0.1, -0.05) is 164 Å². The fraction of sp³-hybridized carbons (Fsp3) is 0.0351. The molecule has 0 radical (unpaired) electrons. The monoisotopic (exact) mass is 821 g/mol. The van der Waals surface area contributed by atoms with Gasteiger partial charge in [-0.15, -0.1) is 11.3 Å². The second kappa shape index (κ2) is 14.3. The lowest BCUT2D eigenvalue weighted by molar-refractivity contribution is 0.755. The van der Waals surface area contributed by atoms with Crippen molar-refractivity contribution >= 4 is 31.5 Å². The third-order valence-electron chi connectivity index (χ3n) is 12.9. The summed E-state index contributed by atoms with van der Waals surface area (Å²) in [4.78, 5) is 15.2. The lowest BCUT2D eigenvalue weighted by Gasteiger charge is -2.42. The first kappa shape index (κ1) is 35.8. The van der Waals surface area contributed by atoms with Gasteiger partial charge in [-0.25, -0.2) is 15.0 Å². The van der Waals surface area contributed by atoms with Crippen molar-refractivity contribution in [2.45, 2.75) is 11.8 Å². The van der Waals surface area contributed by atoms with E-state index in [9.17, 15) is 0 Å². The topological polar surface area (TPSA) is 64.5 Å². The molecule has 6 heteroatoms. The molecule has 0 amide bonds. The second-order valence-electron chi connectivity index (χ2n) is 16.4. The maximum Gasteiger partial charge on any atom is 0.164 e. The summed E-state index contributed by atoms with van der Waals surface area (Å²) >= 11 is 1.85. The number of benzene rings is 8. The first-order valence-electron chi connectivity index (χ1n) is 21.3. The Labute approximate surface area is 368 Å². The van der Waals surface area contributed by atoms with Crippen LogP contribution in [0.4, 0.5) is 0 Å². The van der Waals surface area contributed by atoms with Gasteiger partial charge in [-0.2, -0.15) is 10.2 Å². The quantitative estimate of drug-likeness (QED) is 0.167. The Kier molecular flexibility index (Phi) is 8.14. The summed E-state index contributed by atoms with van der Waals surface area (Å²) in [6, 6.07) is 69.6. The molecular formula is C57H35N5S. The molecule has 11 aromatic rings. The van der Waals surface area contributed by atoms with Crippen LogP contribution < -0.4 is 0 Å². The third-order valence-corrected chi connectivity index (χ3v) is 14.1. The summed E-state index contributed by atoms with van der Waals surface area (Å²) in [6.07, 6.45) is 1.72. The van der Waals surface area contributed by atoms with E-state index in [1.807, 2.05) is 41.7 Å². The molecule has 2 bridgehead atoms. The summed E-state index contributed by atoms with van der Waals surface area (Å²) < 4.78 is 2.60. The molecule has 0 N–H and O–H groups in total. The zero-order valence-electron chi connectivity index (χ0n) is 33.9. The Morgan fingerprint density at radius 1 is 0.349 bits per heavy atom. The molecule has 294 valence electrons. The lowest BCUT2D eigenvalue weighted by Crippen LogP contribution is -2.27. The molecular weight excluding hydrogens is 787 g/mol. The smallest absolute Gasteiger partial charge is 0.164 e. The fourth-order valence-corrected chi connectivity index (χ4v) is 11.2. The molecule has 3 aliphatic carbocycles. The Balaban J connectivity index is 0.847. The SMILES string of the molecule is c1ccc(-c2nc(-c3ccc(-c4ccc5c(c4)C4c6ccccc6C5c5cc(-c6cccnn6)ccc54)cc3)nc(-c3ccc(-c4cccc5c4sc4ccccc45)cc3)n2)cc1. The minimum atomic E-state index is 0.157. The largest absolute Gasteiger partial charge is 0.208 e. The van der Waals surface area contributed by atoms with Crippen molar-refractivity contribution in [3.8, 4) is 67.7 Å². The zero-order chi connectivity index (χ0) is 41.4. The molecule has 3 heterocycles. The first-order valence-corrected chi connectivity index (χ1v) is 22.1. The van der Waals surface area contributed by atoms with Gasteiger partial charge in [0.1, 0.15) is 0 Å². The number of aromatic nitrogens is 5. The maximum absolute atomic E-state index is 5.11. The van der Waals surface area contributed by atoms with E-state index in [0.717, 1.165) is 33.5 Å². The van der Waals surface area contributed by atoms with E-state index in [1.54, 1.807) is 6.20 Å². The Hall–Kier alpha value is -7.93. The molecule has 14 rings (SSSR count). The number of nitrogens with zero attached hydrogens (tertiary/aromatic N) is 5. The molecule has 0 spiro atoms. The zero-order valence-corrected chi connectivity index (χ0v) is 34.7. The van der Waals surface area contributed by atoms with Crippen LogP contribution in [-0.2, 0) is 0 Å². The van der Waals surface area contributed by atoms with E-state index in [2.05, 4.69) is 174 Å². The highest BCUT2D eigenvalue weighted by Gasteiger charge is 2.41. The van der Waals surface area contributed by atoms with Gasteiger partial charge < -0.3 is 0 Å². The van der Waals surface area contributed by atoms with Crippen LogP contribution in [0.15, 0.2) is 200 Å². The number of fused-ring (bicyclic) bond motifs is 3. The van der Waals surface area contributed by atoms with Crippen molar-refractivity contribution in [3.05, 3.63) is 234 Å².